The van der Waals surface area contributed by atoms with Gasteiger partial charge in [0.1, 0.15) is 6.61 Å². The van der Waals surface area contributed by atoms with Crippen LogP contribution in [0.25, 0.3) is 0 Å². The zero-order valence-electron chi connectivity index (χ0n) is 27.7. The van der Waals surface area contributed by atoms with Gasteiger partial charge in [-0.2, -0.15) is 0 Å². The van der Waals surface area contributed by atoms with Gasteiger partial charge in [0.2, 0.25) is 0 Å². The van der Waals surface area contributed by atoms with Crippen LogP contribution in [0.1, 0.15) is 168 Å². The van der Waals surface area contributed by atoms with Crippen LogP contribution in [0.3, 0.4) is 0 Å². The Labute approximate surface area is 280 Å². The summed E-state index contributed by atoms with van der Waals surface area (Å²) in [5, 5.41) is 0. The van der Waals surface area contributed by atoms with Crippen molar-refractivity contribution in [2.45, 2.75) is 174 Å². The smallest absolute Gasteiger partial charge is 0.462 e. The van der Waals surface area contributed by atoms with Crippen molar-refractivity contribution in [3.8, 4) is 0 Å². The molecule has 0 aliphatic carbocycles. The van der Waals surface area contributed by atoms with E-state index in [1.54, 1.807) is 0 Å². The van der Waals surface area contributed by atoms with Gasteiger partial charge in [0.05, 0.1) is 6.61 Å². The molecule has 0 aromatic carbocycles. The van der Waals surface area contributed by atoms with Gasteiger partial charge >= 0.3 is 19.8 Å². The summed E-state index contributed by atoms with van der Waals surface area (Å²) in [6.45, 7) is 3.85. The third-order valence-corrected chi connectivity index (χ3v) is 8.29. The molecule has 0 aliphatic heterocycles. The molecule has 0 amide bonds. The van der Waals surface area contributed by atoms with Crippen molar-refractivity contribution < 1.29 is 37.6 Å². The summed E-state index contributed by atoms with van der Waals surface area (Å²) in [6.07, 6.45) is 25.8. The molecule has 0 aromatic rings. The molecular formula is C32H63NaO8P. The summed E-state index contributed by atoms with van der Waals surface area (Å²) in [6, 6.07) is 0. The number of phosphoric ester groups is 1. The average molecular weight is 630 g/mol. The van der Waals surface area contributed by atoms with Gasteiger partial charge in [-0.05, 0) is 12.8 Å². The van der Waals surface area contributed by atoms with Gasteiger partial charge in [0, 0.05) is 49.5 Å². The van der Waals surface area contributed by atoms with Crippen molar-refractivity contribution in [2.24, 2.45) is 0 Å². The fraction of sp³-hybridized carbons (Fsp3) is 0.938. The molecule has 8 nitrogen and oxygen atoms in total. The van der Waals surface area contributed by atoms with Crippen molar-refractivity contribution in [3.05, 3.63) is 0 Å². The minimum atomic E-state index is -4.24. The average Bonchev–Trinajstić information content (AvgIpc) is 2.96. The second-order valence-electron chi connectivity index (χ2n) is 11.3. The van der Waals surface area contributed by atoms with Gasteiger partial charge < -0.3 is 14.4 Å². The van der Waals surface area contributed by atoms with Crippen LogP contribution in [0, 0.1) is 0 Å². The summed E-state index contributed by atoms with van der Waals surface area (Å²) in [5.41, 5.74) is 0. The third-order valence-electron chi connectivity index (χ3n) is 7.35. The van der Waals surface area contributed by atoms with Gasteiger partial charge in [-0.15, -0.1) is 0 Å². The maximum Gasteiger partial charge on any atom is 0.472 e. The number of hydrogen-bond acceptors (Lipinski definition) is 7. The monoisotopic (exact) mass is 629 g/mol. The topological polar surface area (TPSA) is 108 Å². The minimum absolute atomic E-state index is 0. The van der Waals surface area contributed by atoms with Crippen LogP contribution >= 0.6 is 7.82 Å². The second-order valence-corrected chi connectivity index (χ2v) is 12.9. The Bertz CT molecular complexity index is 664. The quantitative estimate of drug-likeness (QED) is 0.0350. The molecule has 0 rings (SSSR count). The molecule has 2 atom stereocenters. The van der Waals surface area contributed by atoms with Crippen LogP contribution in [-0.4, -0.2) is 72.8 Å². The number of ether oxygens (including phenoxy) is 2. The molecule has 10 heteroatoms. The van der Waals surface area contributed by atoms with Gasteiger partial charge in [0.25, 0.3) is 0 Å². The first kappa shape index (κ1) is 44.2. The Kier molecular flexibility index (Phi) is 34.1. The molecule has 1 N–H and O–H groups in total. The van der Waals surface area contributed by atoms with Crippen LogP contribution < -0.4 is 0 Å². The number of carbonyl (C=O) groups is 2. The van der Waals surface area contributed by atoms with Crippen molar-refractivity contribution in [1.82, 2.24) is 0 Å². The molecule has 0 heterocycles. The van der Waals surface area contributed by atoms with E-state index >= 15 is 0 Å². The molecule has 0 aliphatic rings. The van der Waals surface area contributed by atoms with Gasteiger partial charge in [-0.25, -0.2) is 4.57 Å². The van der Waals surface area contributed by atoms with Gasteiger partial charge in [-0.1, -0.05) is 142 Å². The minimum Gasteiger partial charge on any atom is -0.462 e. The summed E-state index contributed by atoms with van der Waals surface area (Å²) >= 11 is 0. The normalized spacial score (nSPS) is 13.2. The van der Waals surface area contributed by atoms with E-state index in [4.69, 9.17) is 14.0 Å². The fourth-order valence-corrected chi connectivity index (χ4v) is 5.18. The van der Waals surface area contributed by atoms with Crippen molar-refractivity contribution in [2.75, 3.05) is 20.3 Å². The molecule has 0 saturated carbocycles. The number of hydrogen-bond donors (Lipinski definition) is 1. The molecule has 0 spiro atoms. The van der Waals surface area contributed by atoms with Gasteiger partial charge in [0.15, 0.2) is 6.10 Å². The van der Waals surface area contributed by atoms with Crippen LogP contribution in [0.5, 0.6) is 0 Å². The Morgan fingerprint density at radius 2 is 0.952 bits per heavy atom. The van der Waals surface area contributed by atoms with Crippen LogP contribution in [-0.2, 0) is 32.7 Å². The van der Waals surface area contributed by atoms with E-state index in [0.29, 0.717) is 6.42 Å². The molecule has 0 saturated heterocycles. The van der Waals surface area contributed by atoms with Crippen molar-refractivity contribution >= 4 is 49.3 Å². The number of carbonyl (C=O) groups excluding carboxylic acids is 2. The molecule has 0 bridgehead atoms. The SMILES string of the molecule is CCCCCCCCCCCCCC(=O)OC[C@H](COP(=O)(O)OC)OC(=O)CCCCCCCCCCCCC.[Na]. The molecular weight excluding hydrogens is 566 g/mol. The first-order valence-corrected chi connectivity index (χ1v) is 18.2. The van der Waals surface area contributed by atoms with E-state index in [2.05, 4.69) is 18.4 Å². The summed E-state index contributed by atoms with van der Waals surface area (Å²) in [4.78, 5) is 34.1. The summed E-state index contributed by atoms with van der Waals surface area (Å²) < 4.78 is 31.7. The molecule has 245 valence electrons. The zero-order chi connectivity index (χ0) is 30.4. The Balaban J connectivity index is 0. The second kappa shape index (κ2) is 32.4. The number of esters is 2. The van der Waals surface area contributed by atoms with Crippen LogP contribution in [0.15, 0.2) is 0 Å². The first-order chi connectivity index (χ1) is 19.8. The van der Waals surface area contributed by atoms with E-state index in [1.807, 2.05) is 0 Å². The van der Waals surface area contributed by atoms with E-state index < -0.39 is 26.5 Å². The van der Waals surface area contributed by atoms with Crippen molar-refractivity contribution in [1.29, 1.82) is 0 Å². The Hall–Kier alpha value is 0.0500. The van der Waals surface area contributed by atoms with E-state index in [-0.39, 0.29) is 48.6 Å². The number of unbranched alkanes of at least 4 members (excludes halogenated alkanes) is 20. The zero-order valence-corrected chi connectivity index (χ0v) is 30.6. The predicted molar refractivity (Wildman–Crippen MR) is 172 cm³/mol. The maximum atomic E-state index is 12.4. The fourth-order valence-electron chi connectivity index (χ4n) is 4.72. The predicted octanol–water partition coefficient (Wildman–Crippen LogP) is 9.23. The molecule has 1 unspecified atom stereocenters. The Morgan fingerprint density at radius 3 is 1.33 bits per heavy atom. The number of rotatable bonds is 31. The molecule has 1 radical (unpaired) electrons. The largest absolute Gasteiger partial charge is 0.472 e. The Morgan fingerprint density at radius 1 is 0.595 bits per heavy atom. The van der Waals surface area contributed by atoms with Crippen LogP contribution in [0.2, 0.25) is 0 Å². The van der Waals surface area contributed by atoms with E-state index in [1.165, 1.54) is 103 Å². The third kappa shape index (κ3) is 31.5. The summed E-state index contributed by atoms with van der Waals surface area (Å²) in [7, 11) is -3.18. The molecule has 0 fully saturated rings. The molecule has 0 aromatic heterocycles. The standard InChI is InChI=1S/C32H63O8P.Na/c1-4-6-8-10-12-14-16-18-20-22-24-26-31(33)38-28-30(29-39-41(35,36)37-3)40-32(34)27-25-23-21-19-17-15-13-11-9-7-5-2;/h30H,4-29H2,1-3H3,(H,35,36);/t30-;/m1./s1. The van der Waals surface area contributed by atoms with E-state index in [0.717, 1.165) is 45.6 Å². The van der Waals surface area contributed by atoms with E-state index in [9.17, 15) is 19.0 Å². The first-order valence-electron chi connectivity index (χ1n) is 16.7. The van der Waals surface area contributed by atoms with Gasteiger partial charge in [-0.3, -0.25) is 18.6 Å². The van der Waals surface area contributed by atoms with Crippen molar-refractivity contribution in [3.63, 3.8) is 0 Å². The van der Waals surface area contributed by atoms with Crippen LogP contribution in [0.4, 0.5) is 0 Å². The summed E-state index contributed by atoms with van der Waals surface area (Å²) in [5.74, 6) is -0.799. The number of phosphoric acid groups is 1. The maximum absolute atomic E-state index is 12.4. The molecule has 42 heavy (non-hydrogen) atoms.